The molecule has 0 amide bonds. The molecule has 0 saturated carbocycles. The number of methoxy groups -OCH3 is 1. The highest BCUT2D eigenvalue weighted by Gasteiger charge is 2.40. The second-order valence-corrected chi connectivity index (χ2v) is 6.29. The molecule has 3 rings (SSSR count). The fourth-order valence-corrected chi connectivity index (χ4v) is 3.52. The molecular formula is C18H27NO4. The highest BCUT2D eigenvalue weighted by atomic mass is 16.6. The van der Waals surface area contributed by atoms with Gasteiger partial charge in [-0.05, 0) is 25.8 Å². The van der Waals surface area contributed by atoms with Gasteiger partial charge in [-0.1, -0.05) is 12.1 Å². The molecule has 1 aromatic carbocycles. The number of hydrogen-bond acceptors (Lipinski definition) is 5. The number of ether oxygens (including phenoxy) is 4. The first-order valence-corrected chi connectivity index (χ1v) is 8.50. The molecule has 1 spiro atoms. The first kappa shape index (κ1) is 16.6. The molecule has 2 saturated heterocycles. The lowest BCUT2D eigenvalue weighted by Gasteiger charge is -2.37. The van der Waals surface area contributed by atoms with E-state index in [9.17, 15) is 0 Å². The van der Waals surface area contributed by atoms with Crippen LogP contribution < -0.4 is 14.8 Å². The van der Waals surface area contributed by atoms with E-state index in [2.05, 4.69) is 11.4 Å². The Balaban J connectivity index is 1.62. The lowest BCUT2D eigenvalue weighted by Crippen LogP contribution is -2.47. The second kappa shape index (κ2) is 7.51. The smallest absolute Gasteiger partial charge is 0.165 e. The van der Waals surface area contributed by atoms with Gasteiger partial charge < -0.3 is 24.3 Å². The quantitative estimate of drug-likeness (QED) is 0.872. The van der Waals surface area contributed by atoms with Crippen molar-refractivity contribution in [2.75, 3.05) is 33.5 Å². The third kappa shape index (κ3) is 3.79. The van der Waals surface area contributed by atoms with E-state index in [-0.39, 0.29) is 5.60 Å². The Kier molecular flexibility index (Phi) is 5.41. The molecule has 2 aliphatic rings. The van der Waals surface area contributed by atoms with Gasteiger partial charge in [0.2, 0.25) is 0 Å². The molecule has 2 fully saturated rings. The van der Waals surface area contributed by atoms with Crippen molar-refractivity contribution < 1.29 is 18.9 Å². The zero-order valence-electron chi connectivity index (χ0n) is 14.1. The zero-order valence-corrected chi connectivity index (χ0v) is 14.1. The molecule has 2 aliphatic heterocycles. The van der Waals surface area contributed by atoms with Gasteiger partial charge in [0.25, 0.3) is 0 Å². The van der Waals surface area contributed by atoms with E-state index in [0.29, 0.717) is 12.6 Å². The summed E-state index contributed by atoms with van der Waals surface area (Å²) in [6.45, 7) is 5.74. The molecular weight excluding hydrogens is 294 g/mol. The third-order valence-electron chi connectivity index (χ3n) is 4.71. The third-order valence-corrected chi connectivity index (χ3v) is 4.71. The maximum absolute atomic E-state index is 5.99. The molecule has 128 valence electrons. The maximum Gasteiger partial charge on any atom is 0.165 e. The predicted molar refractivity (Wildman–Crippen MR) is 88.1 cm³/mol. The van der Waals surface area contributed by atoms with Crippen LogP contribution in [0.1, 0.15) is 31.7 Å². The fraction of sp³-hybridized carbons (Fsp3) is 0.667. The van der Waals surface area contributed by atoms with E-state index in [0.717, 1.165) is 62.7 Å². The van der Waals surface area contributed by atoms with Crippen molar-refractivity contribution in [3.05, 3.63) is 23.8 Å². The lowest BCUT2D eigenvalue weighted by molar-refractivity contribution is -0.0894. The summed E-state index contributed by atoms with van der Waals surface area (Å²) in [7, 11) is 1.70. The van der Waals surface area contributed by atoms with Gasteiger partial charge in [-0.3, -0.25) is 0 Å². The van der Waals surface area contributed by atoms with Crippen LogP contribution in [0.2, 0.25) is 0 Å². The van der Waals surface area contributed by atoms with Crippen LogP contribution in [0, 0.1) is 0 Å². The van der Waals surface area contributed by atoms with Gasteiger partial charge in [-0.15, -0.1) is 0 Å². The highest BCUT2D eigenvalue weighted by Crippen LogP contribution is 2.34. The van der Waals surface area contributed by atoms with Crippen LogP contribution in [0.3, 0.4) is 0 Å². The van der Waals surface area contributed by atoms with E-state index in [1.54, 1.807) is 7.11 Å². The van der Waals surface area contributed by atoms with Crippen molar-refractivity contribution in [2.45, 2.75) is 44.4 Å². The predicted octanol–water partition coefficient (Wildman–Crippen LogP) is 2.52. The van der Waals surface area contributed by atoms with Crippen LogP contribution in [-0.4, -0.2) is 45.2 Å². The summed E-state index contributed by atoms with van der Waals surface area (Å²) < 4.78 is 22.7. The average Bonchev–Trinajstić information content (AvgIpc) is 3.01. The molecule has 2 atom stereocenters. The summed E-state index contributed by atoms with van der Waals surface area (Å²) in [4.78, 5) is 0. The Morgan fingerprint density at radius 2 is 2.26 bits per heavy atom. The van der Waals surface area contributed by atoms with Crippen molar-refractivity contribution in [3.63, 3.8) is 0 Å². The van der Waals surface area contributed by atoms with Gasteiger partial charge in [-0.2, -0.15) is 0 Å². The first-order chi connectivity index (χ1) is 11.3. The van der Waals surface area contributed by atoms with Gasteiger partial charge in [0.1, 0.15) is 0 Å². The Labute approximate surface area is 138 Å². The molecule has 1 N–H and O–H groups in total. The molecule has 0 radical (unpaired) electrons. The minimum Gasteiger partial charge on any atom is -0.493 e. The summed E-state index contributed by atoms with van der Waals surface area (Å²) in [5.41, 5.74) is 1.06. The van der Waals surface area contributed by atoms with Gasteiger partial charge >= 0.3 is 0 Å². The molecule has 0 bridgehead atoms. The van der Waals surface area contributed by atoms with Crippen molar-refractivity contribution >= 4 is 0 Å². The topological polar surface area (TPSA) is 49.0 Å². The SMILES string of the molecule is CCOc1cccc(CNC2CCOC3(CCOC3)C2)c1OC. The van der Waals surface area contributed by atoms with Gasteiger partial charge in [0.05, 0.1) is 25.9 Å². The normalized spacial score (nSPS) is 27.3. The Bertz CT molecular complexity index is 514. The molecule has 5 heteroatoms. The molecule has 2 heterocycles. The van der Waals surface area contributed by atoms with Gasteiger partial charge in [0, 0.05) is 37.8 Å². The summed E-state index contributed by atoms with van der Waals surface area (Å²) >= 11 is 0. The van der Waals surface area contributed by atoms with Crippen LogP contribution >= 0.6 is 0 Å². The molecule has 0 aromatic heterocycles. The number of nitrogens with one attached hydrogen (secondary N) is 1. The minimum atomic E-state index is -0.0623. The lowest BCUT2D eigenvalue weighted by atomic mass is 9.89. The van der Waals surface area contributed by atoms with Crippen molar-refractivity contribution in [1.82, 2.24) is 5.32 Å². The fourth-order valence-electron chi connectivity index (χ4n) is 3.52. The van der Waals surface area contributed by atoms with E-state index in [4.69, 9.17) is 18.9 Å². The summed E-state index contributed by atoms with van der Waals surface area (Å²) in [5, 5.41) is 3.66. The Morgan fingerprint density at radius 1 is 1.35 bits per heavy atom. The van der Waals surface area contributed by atoms with E-state index in [1.165, 1.54) is 0 Å². The van der Waals surface area contributed by atoms with Crippen LogP contribution in [0.4, 0.5) is 0 Å². The highest BCUT2D eigenvalue weighted by molar-refractivity contribution is 5.46. The molecule has 1 aromatic rings. The summed E-state index contributed by atoms with van der Waals surface area (Å²) in [6.07, 6.45) is 3.06. The van der Waals surface area contributed by atoms with E-state index in [1.807, 2.05) is 19.1 Å². The van der Waals surface area contributed by atoms with Crippen LogP contribution in [0.15, 0.2) is 18.2 Å². The van der Waals surface area contributed by atoms with E-state index < -0.39 is 0 Å². The van der Waals surface area contributed by atoms with Crippen LogP contribution in [0.25, 0.3) is 0 Å². The standard InChI is InChI=1S/C18H27NO4/c1-3-22-16-6-4-5-14(17(16)20-2)12-19-15-7-9-23-18(11-15)8-10-21-13-18/h4-6,15,19H,3,7-13H2,1-2H3. The molecule has 0 aliphatic carbocycles. The summed E-state index contributed by atoms with van der Waals surface area (Å²) in [6, 6.07) is 6.50. The second-order valence-electron chi connectivity index (χ2n) is 6.29. The Hall–Kier alpha value is -1.30. The number of benzene rings is 1. The van der Waals surface area contributed by atoms with E-state index >= 15 is 0 Å². The van der Waals surface area contributed by atoms with Gasteiger partial charge in [0.15, 0.2) is 11.5 Å². The monoisotopic (exact) mass is 321 g/mol. The largest absolute Gasteiger partial charge is 0.493 e. The molecule has 23 heavy (non-hydrogen) atoms. The van der Waals surface area contributed by atoms with Crippen LogP contribution in [0.5, 0.6) is 11.5 Å². The first-order valence-electron chi connectivity index (χ1n) is 8.50. The average molecular weight is 321 g/mol. The number of para-hydroxylation sites is 1. The zero-order chi connectivity index (χ0) is 16.1. The van der Waals surface area contributed by atoms with Gasteiger partial charge in [-0.25, -0.2) is 0 Å². The Morgan fingerprint density at radius 3 is 3.00 bits per heavy atom. The van der Waals surface area contributed by atoms with Crippen molar-refractivity contribution in [2.24, 2.45) is 0 Å². The number of hydrogen-bond donors (Lipinski definition) is 1. The maximum atomic E-state index is 5.99. The molecule has 2 unspecified atom stereocenters. The summed E-state index contributed by atoms with van der Waals surface area (Å²) in [5.74, 6) is 1.63. The molecule has 5 nitrogen and oxygen atoms in total. The van der Waals surface area contributed by atoms with Crippen LogP contribution in [-0.2, 0) is 16.0 Å². The van der Waals surface area contributed by atoms with Crippen molar-refractivity contribution in [3.8, 4) is 11.5 Å². The van der Waals surface area contributed by atoms with Crippen molar-refractivity contribution in [1.29, 1.82) is 0 Å². The minimum absolute atomic E-state index is 0.0623. The number of rotatable bonds is 6.